The van der Waals surface area contributed by atoms with Gasteiger partial charge in [0.15, 0.2) is 17.5 Å². The number of nitrogens with zero attached hydrogens (tertiary/aromatic N) is 12. The normalized spacial score (nSPS) is 17.7. The van der Waals surface area contributed by atoms with E-state index < -0.39 is 95.0 Å². The molecule has 3 atom stereocenters. The van der Waals surface area contributed by atoms with Gasteiger partial charge in [-0.05, 0) is 138 Å². The highest BCUT2D eigenvalue weighted by molar-refractivity contribution is 5.95. The van der Waals surface area contributed by atoms with Crippen molar-refractivity contribution in [3.05, 3.63) is 158 Å². The van der Waals surface area contributed by atoms with Gasteiger partial charge in [0.2, 0.25) is 0 Å². The van der Waals surface area contributed by atoms with Crippen molar-refractivity contribution in [1.82, 2.24) is 45.5 Å². The number of anilines is 6. The van der Waals surface area contributed by atoms with Crippen LogP contribution >= 0.6 is 0 Å². The molecule has 4 aliphatic rings. The molecule has 97 heavy (non-hydrogen) atoms. The molecule has 28 heteroatoms. The molecule has 3 fully saturated rings. The summed E-state index contributed by atoms with van der Waals surface area (Å²) < 4.78 is 156. The summed E-state index contributed by atoms with van der Waals surface area (Å²) in [6.07, 6.45) is -5.54. The Balaban J connectivity index is 0.834. The standard InChI is InChI=1S/C69H71F10N15O3/c1-34-48(36(3)84-64-51-26-40(92-17-10-43(95)11-18-92)31-80-61(51)38(5)86-89-64)29-56(70)50(59(34)69(77,78)79)30-58-63-53(28-42(33-82-63)94-21-14-45(97)15-22-94)66(91-88-58)85-37(4)49-23-39(24-55(60(49)71)68(74,75)76)25-57-62-52(27-41(32-81-62)93-19-12-44(96)13-20-93)65(90-87-57)83-35(2)46-7-6-8-54-47(46)9-16-67(54,72)73/h6-8,23-24,26-29,31-33,35-37,43-45,95-97H,9-22,25,30H2,1-5H3,(H,83,90)(H,84,89)(H,85,91)/t35-,36-,37-/m1/s1. The van der Waals surface area contributed by atoms with Gasteiger partial charge in [0.1, 0.15) is 11.6 Å². The lowest BCUT2D eigenvalue weighted by Crippen LogP contribution is -2.35. The first kappa shape index (κ1) is 66.7. The van der Waals surface area contributed by atoms with E-state index in [0.29, 0.717) is 128 Å². The molecule has 3 aromatic carbocycles. The van der Waals surface area contributed by atoms with E-state index in [-0.39, 0.29) is 86.8 Å². The molecular weight excluding hydrogens is 1280 g/mol. The Bertz CT molecular complexity index is 4480. The molecule has 18 nitrogen and oxygen atoms in total. The quantitative estimate of drug-likeness (QED) is 0.0495. The molecule has 9 aromatic rings. The van der Waals surface area contributed by atoms with Gasteiger partial charge in [0.25, 0.3) is 5.92 Å². The largest absolute Gasteiger partial charge is 0.419 e. The van der Waals surface area contributed by atoms with Crippen LogP contribution in [-0.2, 0) is 37.5 Å². The molecule has 6 aromatic heterocycles. The summed E-state index contributed by atoms with van der Waals surface area (Å²) in [5.41, 5.74) is -0.364. The van der Waals surface area contributed by atoms with Crippen LogP contribution in [0.15, 0.2) is 73.2 Å². The zero-order valence-electron chi connectivity index (χ0n) is 53.7. The third kappa shape index (κ3) is 13.4. The monoisotopic (exact) mass is 1350 g/mol. The van der Waals surface area contributed by atoms with Gasteiger partial charge in [-0.2, -0.15) is 41.6 Å². The molecule has 0 bridgehead atoms. The van der Waals surface area contributed by atoms with Gasteiger partial charge in [-0.15, -0.1) is 15.3 Å². The zero-order valence-corrected chi connectivity index (χ0v) is 53.7. The average molecular weight is 1350 g/mol. The summed E-state index contributed by atoms with van der Waals surface area (Å²) in [7, 11) is 0. The fourth-order valence-corrected chi connectivity index (χ4v) is 14.2. The van der Waals surface area contributed by atoms with Gasteiger partial charge in [0, 0.05) is 91.4 Å². The molecule has 13 rings (SSSR count). The van der Waals surface area contributed by atoms with E-state index in [4.69, 9.17) is 4.98 Å². The van der Waals surface area contributed by atoms with Crippen LogP contribution in [-0.4, -0.2) is 118 Å². The molecule has 0 spiro atoms. The number of pyridine rings is 3. The number of hydrogen-bond donors (Lipinski definition) is 6. The van der Waals surface area contributed by atoms with Gasteiger partial charge >= 0.3 is 12.4 Å². The highest BCUT2D eigenvalue weighted by atomic mass is 19.4. The van der Waals surface area contributed by atoms with Gasteiger partial charge in [0.05, 0.1) is 117 Å². The first-order valence-corrected chi connectivity index (χ1v) is 32.5. The number of aromatic nitrogens is 9. The molecule has 6 N–H and O–H groups in total. The third-order valence-electron chi connectivity index (χ3n) is 19.5. The van der Waals surface area contributed by atoms with E-state index in [2.05, 4.69) is 61.4 Å². The molecule has 1 aliphatic carbocycles. The average Bonchev–Trinajstić information content (AvgIpc) is 1.70. The van der Waals surface area contributed by atoms with Crippen LogP contribution in [0.5, 0.6) is 0 Å². The number of alkyl halides is 8. The zero-order chi connectivity index (χ0) is 68.6. The predicted molar refractivity (Wildman–Crippen MR) is 347 cm³/mol. The lowest BCUT2D eigenvalue weighted by atomic mass is 9.90. The second kappa shape index (κ2) is 26.2. The van der Waals surface area contributed by atoms with Crippen molar-refractivity contribution in [2.75, 3.05) is 69.9 Å². The van der Waals surface area contributed by atoms with Crippen LogP contribution in [0.4, 0.5) is 78.4 Å². The van der Waals surface area contributed by atoms with E-state index in [1.165, 1.54) is 32.2 Å². The third-order valence-corrected chi connectivity index (χ3v) is 19.5. The van der Waals surface area contributed by atoms with Crippen LogP contribution in [0, 0.1) is 25.5 Å². The molecule has 0 radical (unpaired) electrons. The van der Waals surface area contributed by atoms with Crippen molar-refractivity contribution in [1.29, 1.82) is 0 Å². The van der Waals surface area contributed by atoms with Gasteiger partial charge < -0.3 is 46.0 Å². The Morgan fingerprint density at radius 1 is 0.546 bits per heavy atom. The van der Waals surface area contributed by atoms with E-state index in [9.17, 15) is 24.1 Å². The molecule has 510 valence electrons. The summed E-state index contributed by atoms with van der Waals surface area (Å²) in [5, 5.41) is 67.7. The number of rotatable bonds is 16. The Morgan fingerprint density at radius 2 is 1.00 bits per heavy atom. The summed E-state index contributed by atoms with van der Waals surface area (Å²) in [6, 6.07) is 10.1. The molecule has 3 aliphatic heterocycles. The number of aliphatic hydroxyl groups excluding tert-OH is 3. The van der Waals surface area contributed by atoms with E-state index in [1.54, 1.807) is 57.4 Å². The summed E-state index contributed by atoms with van der Waals surface area (Å²) in [4.78, 5) is 20.1. The van der Waals surface area contributed by atoms with Crippen LogP contribution < -0.4 is 30.7 Å². The number of benzene rings is 3. The van der Waals surface area contributed by atoms with Crippen molar-refractivity contribution in [2.45, 2.75) is 154 Å². The molecule has 0 amide bonds. The number of aliphatic hydroxyl groups is 3. The van der Waals surface area contributed by atoms with Gasteiger partial charge in [-0.1, -0.05) is 24.3 Å². The van der Waals surface area contributed by atoms with Crippen LogP contribution in [0.2, 0.25) is 0 Å². The smallest absolute Gasteiger partial charge is 0.393 e. The van der Waals surface area contributed by atoms with Crippen molar-refractivity contribution in [2.24, 2.45) is 0 Å². The highest BCUT2D eigenvalue weighted by Gasteiger charge is 2.42. The fourth-order valence-electron chi connectivity index (χ4n) is 14.2. The second-order valence-corrected chi connectivity index (χ2v) is 26.0. The number of piperidine rings is 3. The molecule has 0 unspecified atom stereocenters. The summed E-state index contributed by atoms with van der Waals surface area (Å²) in [5.74, 6) is -5.55. The van der Waals surface area contributed by atoms with Gasteiger partial charge in [-0.25, -0.2) is 17.6 Å². The lowest BCUT2D eigenvalue weighted by molar-refractivity contribution is -0.140. The lowest BCUT2D eigenvalue weighted by Gasteiger charge is -2.31. The molecule has 3 saturated heterocycles. The maximum absolute atomic E-state index is 17.0. The van der Waals surface area contributed by atoms with Crippen molar-refractivity contribution < 1.29 is 59.2 Å². The number of fused-ring (bicyclic) bond motifs is 4. The van der Waals surface area contributed by atoms with Crippen LogP contribution in [0.25, 0.3) is 32.7 Å². The number of nitrogens with one attached hydrogen (secondary N) is 3. The fraction of sp³-hybridized carbons (Fsp3) is 0.435. The van der Waals surface area contributed by atoms with Gasteiger partial charge in [-0.3, -0.25) is 15.0 Å². The Hall–Kier alpha value is -8.89. The van der Waals surface area contributed by atoms with E-state index >= 15 is 35.1 Å². The van der Waals surface area contributed by atoms with Crippen LogP contribution in [0.1, 0.15) is 157 Å². The van der Waals surface area contributed by atoms with Crippen molar-refractivity contribution >= 4 is 67.2 Å². The Kier molecular flexibility index (Phi) is 18.0. The molecular formula is C69H71F10N15O3. The Labute approximate surface area is 551 Å². The second-order valence-electron chi connectivity index (χ2n) is 26.0. The minimum atomic E-state index is -5.22. The van der Waals surface area contributed by atoms with E-state index in [0.717, 1.165) is 11.8 Å². The summed E-state index contributed by atoms with van der Waals surface area (Å²) >= 11 is 0. The minimum Gasteiger partial charge on any atom is -0.393 e. The number of aryl methyl sites for hydroxylation is 1. The SMILES string of the molecule is Cc1c([C@@H](C)Nc2nnc(C)c3ncc(N4CCC(O)CC4)cc23)cc(F)c(Cc2nnc(N[C@H](C)c3cc(Cc4nnc(N[C@H](C)c5cccc6c5CCC6(F)F)c5cc(N6CCC(O)CC6)cnc45)cc(C(F)(F)F)c3F)c3cc(N4CCC(O)CC4)cnc23)c1C(F)(F)F. The number of hydrogen-bond acceptors (Lipinski definition) is 18. The van der Waals surface area contributed by atoms with Crippen molar-refractivity contribution in [3.8, 4) is 0 Å². The van der Waals surface area contributed by atoms with Crippen LogP contribution in [0.3, 0.4) is 0 Å². The number of halogens is 10. The maximum Gasteiger partial charge on any atom is 0.419 e. The van der Waals surface area contributed by atoms with Crippen molar-refractivity contribution in [3.63, 3.8) is 0 Å². The highest BCUT2D eigenvalue weighted by Crippen LogP contribution is 2.46. The molecule has 9 heterocycles. The maximum atomic E-state index is 17.0. The topological polar surface area (TPSA) is 223 Å². The minimum absolute atomic E-state index is 0.0357. The summed E-state index contributed by atoms with van der Waals surface area (Å²) in [6.45, 7) is 10.6. The Morgan fingerprint density at radius 3 is 1.49 bits per heavy atom. The predicted octanol–water partition coefficient (Wildman–Crippen LogP) is 13.3. The first-order chi connectivity index (χ1) is 46.2. The van der Waals surface area contributed by atoms with E-state index in [1.807, 2.05) is 15.9 Å². The molecule has 0 saturated carbocycles. The first-order valence-electron chi connectivity index (χ1n) is 32.5.